The fraction of sp³-hybridized carbons (Fsp3) is 0.364. The Balaban J connectivity index is 2.75. The fourth-order valence-electron chi connectivity index (χ4n) is 1.45. The van der Waals surface area contributed by atoms with Crippen molar-refractivity contribution in [2.75, 3.05) is 18.6 Å². The van der Waals surface area contributed by atoms with E-state index in [4.69, 9.17) is 9.84 Å². The molecule has 0 heterocycles. The summed E-state index contributed by atoms with van der Waals surface area (Å²) in [6.07, 6.45) is 1.35. The molecule has 0 atom stereocenters. The number of nitrogens with zero attached hydrogens (tertiary/aromatic N) is 1. The summed E-state index contributed by atoms with van der Waals surface area (Å²) in [5.41, 5.74) is -1.00. The Morgan fingerprint density at radius 3 is 2.60 bits per heavy atom. The maximum atomic E-state index is 10.9. The van der Waals surface area contributed by atoms with E-state index in [-0.39, 0.29) is 24.5 Å². The lowest BCUT2D eigenvalue weighted by Gasteiger charge is -2.06. The van der Waals surface area contributed by atoms with Crippen LogP contribution in [0.25, 0.3) is 0 Å². The summed E-state index contributed by atoms with van der Waals surface area (Å²) in [5.74, 6) is -1.34. The number of nitro benzene ring substituents is 1. The lowest BCUT2D eigenvalue weighted by molar-refractivity contribution is -0.385. The second-order valence-corrected chi connectivity index (χ2v) is 6.33. The molecule has 0 aliphatic carbocycles. The first kappa shape index (κ1) is 15.9. The molecular formula is C11H13NO7S. The van der Waals surface area contributed by atoms with E-state index in [0.717, 1.165) is 18.4 Å². The van der Waals surface area contributed by atoms with Gasteiger partial charge in [-0.15, -0.1) is 0 Å². The lowest BCUT2D eigenvalue weighted by Crippen LogP contribution is -2.08. The van der Waals surface area contributed by atoms with Crippen molar-refractivity contribution in [3.63, 3.8) is 0 Å². The maximum absolute atomic E-state index is 10.9. The molecule has 0 amide bonds. The van der Waals surface area contributed by atoms with Crippen molar-refractivity contribution in [1.29, 1.82) is 0 Å². The standard InChI is InChI=1S/C11H13NO7S/c1-20(17,18)6-2-5-19-8-3-4-10(12(15)16)9(7-8)11(13)14/h3-4,7H,2,5-6H2,1H3,(H,13,14). The molecule has 0 saturated carbocycles. The highest BCUT2D eigenvalue weighted by Crippen LogP contribution is 2.24. The van der Waals surface area contributed by atoms with Gasteiger partial charge in [-0.25, -0.2) is 13.2 Å². The van der Waals surface area contributed by atoms with Gasteiger partial charge >= 0.3 is 5.97 Å². The van der Waals surface area contributed by atoms with Gasteiger partial charge in [-0.05, 0) is 12.5 Å². The first-order chi connectivity index (χ1) is 9.20. The summed E-state index contributed by atoms with van der Waals surface area (Å²) in [5, 5.41) is 19.5. The Morgan fingerprint density at radius 1 is 1.45 bits per heavy atom. The largest absolute Gasteiger partial charge is 0.494 e. The van der Waals surface area contributed by atoms with Gasteiger partial charge in [-0.1, -0.05) is 0 Å². The zero-order chi connectivity index (χ0) is 15.3. The molecule has 20 heavy (non-hydrogen) atoms. The lowest BCUT2D eigenvalue weighted by atomic mass is 10.1. The van der Waals surface area contributed by atoms with Crippen molar-refractivity contribution >= 4 is 21.5 Å². The molecule has 0 aromatic heterocycles. The molecular weight excluding hydrogens is 290 g/mol. The normalized spacial score (nSPS) is 11.1. The predicted octanol–water partition coefficient (Wildman–Crippen LogP) is 1.11. The minimum absolute atomic E-state index is 0.0498. The third-order valence-corrected chi connectivity index (χ3v) is 3.35. The van der Waals surface area contributed by atoms with Gasteiger partial charge in [0.25, 0.3) is 5.69 Å². The topological polar surface area (TPSA) is 124 Å². The number of carbonyl (C=O) groups is 1. The Bertz CT molecular complexity index is 624. The summed E-state index contributed by atoms with van der Waals surface area (Å²) >= 11 is 0. The van der Waals surface area contributed by atoms with E-state index in [1.165, 1.54) is 6.07 Å². The molecule has 0 aliphatic heterocycles. The third-order valence-electron chi connectivity index (χ3n) is 2.32. The Morgan fingerprint density at radius 2 is 2.10 bits per heavy atom. The van der Waals surface area contributed by atoms with Crippen molar-refractivity contribution in [2.24, 2.45) is 0 Å². The molecule has 1 aromatic rings. The van der Waals surface area contributed by atoms with Crippen LogP contribution in [-0.4, -0.2) is 43.0 Å². The average Bonchev–Trinajstić information content (AvgIpc) is 2.33. The number of aromatic carboxylic acids is 1. The number of hydrogen-bond donors (Lipinski definition) is 1. The van der Waals surface area contributed by atoms with E-state index in [9.17, 15) is 23.3 Å². The molecule has 0 fully saturated rings. The van der Waals surface area contributed by atoms with E-state index in [2.05, 4.69) is 0 Å². The van der Waals surface area contributed by atoms with Gasteiger partial charge in [0, 0.05) is 18.4 Å². The highest BCUT2D eigenvalue weighted by atomic mass is 32.2. The second-order valence-electron chi connectivity index (χ2n) is 4.07. The molecule has 0 unspecified atom stereocenters. The average molecular weight is 303 g/mol. The number of carboxylic acid groups (broad SMARTS) is 1. The number of rotatable bonds is 7. The molecule has 110 valence electrons. The van der Waals surface area contributed by atoms with Crippen LogP contribution in [0.5, 0.6) is 5.75 Å². The number of hydrogen-bond acceptors (Lipinski definition) is 6. The zero-order valence-electron chi connectivity index (χ0n) is 10.6. The number of ether oxygens (including phenoxy) is 1. The van der Waals surface area contributed by atoms with Gasteiger partial charge in [0.15, 0.2) is 0 Å². The molecule has 8 nitrogen and oxygen atoms in total. The van der Waals surface area contributed by atoms with Crippen molar-refractivity contribution in [2.45, 2.75) is 6.42 Å². The first-order valence-corrected chi connectivity index (χ1v) is 7.59. The minimum atomic E-state index is -3.08. The van der Waals surface area contributed by atoms with Crippen LogP contribution in [0.3, 0.4) is 0 Å². The molecule has 0 bridgehead atoms. The van der Waals surface area contributed by atoms with Crippen LogP contribution in [0, 0.1) is 10.1 Å². The first-order valence-electron chi connectivity index (χ1n) is 5.53. The second kappa shape index (κ2) is 6.33. The van der Waals surface area contributed by atoms with Gasteiger partial charge in [-0.3, -0.25) is 10.1 Å². The zero-order valence-corrected chi connectivity index (χ0v) is 11.4. The summed E-state index contributed by atoms with van der Waals surface area (Å²) in [6, 6.07) is 3.35. The highest BCUT2D eigenvalue weighted by molar-refractivity contribution is 7.90. The Labute approximate surface area is 115 Å². The quantitative estimate of drug-likeness (QED) is 0.454. The molecule has 1 rings (SSSR count). The van der Waals surface area contributed by atoms with Crippen LogP contribution >= 0.6 is 0 Å². The maximum Gasteiger partial charge on any atom is 0.342 e. The number of sulfone groups is 1. The molecule has 0 aliphatic rings. The molecule has 0 spiro atoms. The number of nitro groups is 1. The molecule has 1 aromatic carbocycles. The predicted molar refractivity (Wildman–Crippen MR) is 69.9 cm³/mol. The Kier molecular flexibility index (Phi) is 5.03. The molecule has 0 saturated heterocycles. The number of carboxylic acids is 1. The van der Waals surface area contributed by atoms with E-state index in [1.807, 2.05) is 0 Å². The van der Waals surface area contributed by atoms with E-state index < -0.39 is 32.0 Å². The minimum Gasteiger partial charge on any atom is -0.494 e. The summed E-state index contributed by atoms with van der Waals surface area (Å²) < 4.78 is 27.0. The van der Waals surface area contributed by atoms with Crippen molar-refractivity contribution in [3.05, 3.63) is 33.9 Å². The summed E-state index contributed by atoms with van der Waals surface area (Å²) in [7, 11) is -3.08. The number of benzene rings is 1. The van der Waals surface area contributed by atoms with Crippen LogP contribution in [-0.2, 0) is 9.84 Å². The van der Waals surface area contributed by atoms with Crippen LogP contribution in [0.15, 0.2) is 18.2 Å². The van der Waals surface area contributed by atoms with Crippen LogP contribution in [0.4, 0.5) is 5.69 Å². The van der Waals surface area contributed by atoms with Gasteiger partial charge in [0.1, 0.15) is 21.2 Å². The monoisotopic (exact) mass is 303 g/mol. The smallest absolute Gasteiger partial charge is 0.342 e. The summed E-state index contributed by atoms with van der Waals surface area (Å²) in [4.78, 5) is 20.7. The highest BCUT2D eigenvalue weighted by Gasteiger charge is 2.20. The van der Waals surface area contributed by atoms with E-state index in [0.29, 0.717) is 0 Å². The fourth-order valence-corrected chi connectivity index (χ4v) is 2.09. The third kappa shape index (κ3) is 4.84. The van der Waals surface area contributed by atoms with Crippen LogP contribution in [0.1, 0.15) is 16.8 Å². The van der Waals surface area contributed by atoms with E-state index >= 15 is 0 Å². The van der Waals surface area contributed by atoms with Gasteiger partial charge in [-0.2, -0.15) is 0 Å². The van der Waals surface area contributed by atoms with Crippen molar-refractivity contribution in [3.8, 4) is 5.75 Å². The van der Waals surface area contributed by atoms with Gasteiger partial charge in [0.2, 0.25) is 0 Å². The van der Waals surface area contributed by atoms with Crippen molar-refractivity contribution in [1.82, 2.24) is 0 Å². The molecule has 0 radical (unpaired) electrons. The van der Waals surface area contributed by atoms with Crippen molar-refractivity contribution < 1.29 is 28.0 Å². The van der Waals surface area contributed by atoms with Gasteiger partial charge < -0.3 is 9.84 Å². The Hall–Kier alpha value is -2.16. The van der Waals surface area contributed by atoms with E-state index in [1.54, 1.807) is 0 Å². The van der Waals surface area contributed by atoms with Gasteiger partial charge in [0.05, 0.1) is 17.3 Å². The van der Waals surface area contributed by atoms with Crippen LogP contribution in [0.2, 0.25) is 0 Å². The summed E-state index contributed by atoms with van der Waals surface area (Å²) in [6.45, 7) is 0.0734. The molecule has 1 N–H and O–H groups in total. The SMILES string of the molecule is CS(=O)(=O)CCCOc1ccc([N+](=O)[O-])c(C(=O)O)c1. The molecule has 9 heteroatoms. The van der Waals surface area contributed by atoms with Crippen LogP contribution < -0.4 is 4.74 Å².